The van der Waals surface area contributed by atoms with Gasteiger partial charge in [-0.25, -0.2) is 4.98 Å². The molecule has 15 heavy (non-hydrogen) atoms. The molecule has 0 aliphatic heterocycles. The lowest BCUT2D eigenvalue weighted by Crippen LogP contribution is -2.21. The van der Waals surface area contributed by atoms with Gasteiger partial charge in [0.2, 0.25) is 0 Å². The van der Waals surface area contributed by atoms with Crippen molar-refractivity contribution in [2.24, 2.45) is 0 Å². The van der Waals surface area contributed by atoms with Crippen molar-refractivity contribution in [3.63, 3.8) is 0 Å². The van der Waals surface area contributed by atoms with Crippen LogP contribution in [0.15, 0.2) is 5.38 Å². The highest BCUT2D eigenvalue weighted by Gasteiger charge is 2.19. The van der Waals surface area contributed by atoms with Crippen LogP contribution in [0.3, 0.4) is 0 Å². The van der Waals surface area contributed by atoms with Gasteiger partial charge in [-0.3, -0.25) is 0 Å². The molecule has 2 rings (SSSR count). The van der Waals surface area contributed by atoms with E-state index in [1.165, 1.54) is 36.4 Å². The van der Waals surface area contributed by atoms with E-state index in [-0.39, 0.29) is 0 Å². The highest BCUT2D eigenvalue weighted by molar-refractivity contribution is 7.09. The second kappa shape index (κ2) is 5.08. The van der Waals surface area contributed by atoms with E-state index in [2.05, 4.69) is 24.5 Å². The zero-order valence-electron chi connectivity index (χ0n) is 9.62. The summed E-state index contributed by atoms with van der Waals surface area (Å²) >= 11 is 1.85. The van der Waals surface area contributed by atoms with Crippen molar-refractivity contribution in [2.75, 3.05) is 0 Å². The van der Waals surface area contributed by atoms with Gasteiger partial charge in [-0.1, -0.05) is 26.7 Å². The van der Waals surface area contributed by atoms with Gasteiger partial charge in [-0.05, 0) is 12.8 Å². The minimum atomic E-state index is 0.543. The molecule has 84 valence electrons. The molecule has 1 aromatic rings. The number of rotatable bonds is 4. The van der Waals surface area contributed by atoms with Crippen molar-refractivity contribution in [1.82, 2.24) is 10.3 Å². The van der Waals surface area contributed by atoms with Gasteiger partial charge >= 0.3 is 0 Å². The molecule has 1 N–H and O–H groups in total. The quantitative estimate of drug-likeness (QED) is 0.849. The second-order valence-corrected chi connectivity index (χ2v) is 5.58. The first kappa shape index (κ1) is 11.1. The third kappa shape index (κ3) is 3.02. The van der Waals surface area contributed by atoms with Crippen LogP contribution < -0.4 is 5.32 Å². The van der Waals surface area contributed by atoms with Crippen LogP contribution in [0.2, 0.25) is 0 Å². The van der Waals surface area contributed by atoms with E-state index in [1.54, 1.807) is 0 Å². The van der Waals surface area contributed by atoms with Crippen LogP contribution in [0.25, 0.3) is 0 Å². The lowest BCUT2D eigenvalue weighted by atomic mass is 10.1. The van der Waals surface area contributed by atoms with Crippen LogP contribution in [-0.2, 0) is 6.54 Å². The monoisotopic (exact) mass is 224 g/mol. The van der Waals surface area contributed by atoms with Gasteiger partial charge < -0.3 is 5.32 Å². The summed E-state index contributed by atoms with van der Waals surface area (Å²) in [5.41, 5.74) is 1.22. The largest absolute Gasteiger partial charge is 0.309 e. The Morgan fingerprint density at radius 3 is 2.87 bits per heavy atom. The van der Waals surface area contributed by atoms with Gasteiger partial charge in [0.15, 0.2) is 0 Å². The molecule has 1 aliphatic rings. The molecule has 2 nitrogen and oxygen atoms in total. The van der Waals surface area contributed by atoms with Crippen molar-refractivity contribution < 1.29 is 0 Å². The molecule has 0 amide bonds. The van der Waals surface area contributed by atoms with Crippen molar-refractivity contribution in [3.05, 3.63) is 16.1 Å². The van der Waals surface area contributed by atoms with Gasteiger partial charge in [-0.15, -0.1) is 11.3 Å². The third-order valence-electron chi connectivity index (χ3n) is 2.97. The number of hydrogen-bond acceptors (Lipinski definition) is 3. The fourth-order valence-electron chi connectivity index (χ4n) is 2.07. The Kier molecular flexibility index (Phi) is 3.76. The number of aromatic nitrogens is 1. The highest BCUT2D eigenvalue weighted by Crippen LogP contribution is 2.35. The zero-order chi connectivity index (χ0) is 10.7. The number of nitrogens with one attached hydrogen (secondary N) is 1. The molecule has 1 saturated carbocycles. The number of nitrogens with zero attached hydrogens (tertiary/aromatic N) is 1. The van der Waals surface area contributed by atoms with E-state index in [0.717, 1.165) is 12.5 Å². The zero-order valence-corrected chi connectivity index (χ0v) is 10.4. The van der Waals surface area contributed by atoms with Crippen molar-refractivity contribution in [3.8, 4) is 0 Å². The molecule has 1 fully saturated rings. The normalized spacial score (nSPS) is 17.8. The van der Waals surface area contributed by atoms with Crippen molar-refractivity contribution in [2.45, 2.75) is 58.0 Å². The van der Waals surface area contributed by atoms with E-state index in [9.17, 15) is 0 Å². The maximum Gasteiger partial charge on any atom is 0.0959 e. The van der Waals surface area contributed by atoms with Gasteiger partial charge in [0.1, 0.15) is 0 Å². The van der Waals surface area contributed by atoms with Crippen LogP contribution in [0, 0.1) is 0 Å². The maximum atomic E-state index is 4.72. The summed E-state index contributed by atoms with van der Waals surface area (Å²) in [6, 6.07) is 0.543. The smallest absolute Gasteiger partial charge is 0.0959 e. The van der Waals surface area contributed by atoms with Crippen molar-refractivity contribution >= 4 is 11.3 Å². The predicted molar refractivity (Wildman–Crippen MR) is 65.3 cm³/mol. The molecule has 0 radical (unpaired) electrons. The van der Waals surface area contributed by atoms with E-state index < -0.39 is 0 Å². The average Bonchev–Trinajstić information content (AvgIpc) is 2.85. The fraction of sp³-hybridized carbons (Fsp3) is 0.750. The third-order valence-corrected chi connectivity index (χ3v) is 4.02. The molecule has 0 spiro atoms. The molecule has 1 aromatic heterocycles. The van der Waals surface area contributed by atoms with Crippen LogP contribution in [0.5, 0.6) is 0 Å². The van der Waals surface area contributed by atoms with Gasteiger partial charge in [0.25, 0.3) is 0 Å². The SMILES string of the molecule is CC(C)NCc1csc(C2CCCC2)n1. The average molecular weight is 224 g/mol. The topological polar surface area (TPSA) is 24.9 Å². The van der Waals surface area contributed by atoms with E-state index in [0.29, 0.717) is 6.04 Å². The summed E-state index contributed by atoms with van der Waals surface area (Å²) in [7, 11) is 0. The maximum absolute atomic E-state index is 4.72. The van der Waals surface area contributed by atoms with Gasteiger partial charge in [0, 0.05) is 23.9 Å². The molecule has 0 bridgehead atoms. The lowest BCUT2D eigenvalue weighted by Gasteiger charge is -2.05. The summed E-state index contributed by atoms with van der Waals surface area (Å²) < 4.78 is 0. The lowest BCUT2D eigenvalue weighted by molar-refractivity contribution is 0.580. The molecule has 0 atom stereocenters. The Balaban J connectivity index is 1.91. The molecule has 1 heterocycles. The van der Waals surface area contributed by atoms with Crippen LogP contribution >= 0.6 is 11.3 Å². The molecule has 0 aromatic carbocycles. The Hall–Kier alpha value is -0.410. The Labute approximate surface area is 96.1 Å². The summed E-state index contributed by atoms with van der Waals surface area (Å²) in [5.74, 6) is 0.766. The first-order chi connectivity index (χ1) is 7.25. The number of hydrogen-bond donors (Lipinski definition) is 1. The molecular formula is C12H20N2S. The van der Waals surface area contributed by atoms with Gasteiger partial charge in [0.05, 0.1) is 10.7 Å². The van der Waals surface area contributed by atoms with Crippen LogP contribution in [-0.4, -0.2) is 11.0 Å². The van der Waals surface area contributed by atoms with E-state index in [1.807, 2.05) is 11.3 Å². The van der Waals surface area contributed by atoms with Gasteiger partial charge in [-0.2, -0.15) is 0 Å². The first-order valence-electron chi connectivity index (χ1n) is 5.93. The Bertz CT molecular complexity index is 300. The van der Waals surface area contributed by atoms with Crippen LogP contribution in [0.1, 0.15) is 56.2 Å². The molecule has 1 aliphatic carbocycles. The summed E-state index contributed by atoms with van der Waals surface area (Å²) in [6.07, 6.45) is 5.49. The minimum absolute atomic E-state index is 0.543. The van der Waals surface area contributed by atoms with Crippen LogP contribution in [0.4, 0.5) is 0 Å². The summed E-state index contributed by atoms with van der Waals surface area (Å²) in [5, 5.41) is 6.99. The van der Waals surface area contributed by atoms with E-state index in [4.69, 9.17) is 4.98 Å². The Morgan fingerprint density at radius 1 is 1.47 bits per heavy atom. The second-order valence-electron chi connectivity index (χ2n) is 4.69. The summed E-state index contributed by atoms with van der Waals surface area (Å²) in [6.45, 7) is 5.26. The van der Waals surface area contributed by atoms with E-state index >= 15 is 0 Å². The standard InChI is InChI=1S/C12H20N2S/c1-9(2)13-7-11-8-15-12(14-11)10-5-3-4-6-10/h8-10,13H,3-7H2,1-2H3. The molecular weight excluding hydrogens is 204 g/mol. The Morgan fingerprint density at radius 2 is 2.20 bits per heavy atom. The molecule has 3 heteroatoms. The first-order valence-corrected chi connectivity index (χ1v) is 6.81. The minimum Gasteiger partial charge on any atom is -0.309 e. The molecule has 0 unspecified atom stereocenters. The highest BCUT2D eigenvalue weighted by atomic mass is 32.1. The summed E-state index contributed by atoms with van der Waals surface area (Å²) in [4.78, 5) is 4.72. The fourth-order valence-corrected chi connectivity index (χ4v) is 3.06. The predicted octanol–water partition coefficient (Wildman–Crippen LogP) is 3.30. The number of thiazole rings is 1. The van der Waals surface area contributed by atoms with Crippen molar-refractivity contribution in [1.29, 1.82) is 0 Å². The molecule has 0 saturated heterocycles.